The first-order valence-corrected chi connectivity index (χ1v) is 44.3. The van der Waals surface area contributed by atoms with E-state index in [1.807, 2.05) is 47.2 Å². The fraction of sp³-hybridized carbons (Fsp3) is 0.798. The second-order valence-corrected chi connectivity index (χ2v) is 30.8. The Morgan fingerprint density at radius 2 is 0.472 bits per heavy atom. The number of allylic oxidation sites excluding steroid dienone is 16. The first-order chi connectivity index (χ1) is 51.1. The third-order valence-corrected chi connectivity index (χ3v) is 19.2. The molecule has 0 fully saturated rings. The Hall–Kier alpha value is -3.58. The Labute approximate surface area is 664 Å². The summed E-state index contributed by atoms with van der Waals surface area (Å²) in [6, 6.07) is 0. The van der Waals surface area contributed by atoms with Crippen LogP contribution in [-0.4, -0.2) is 134 Å². The minimum Gasteiger partial charge on any atom is -0.481 e. The van der Waals surface area contributed by atoms with Crippen LogP contribution in [0, 0.1) is 0 Å². The maximum Gasteiger partial charge on any atom is 0.306 e. The van der Waals surface area contributed by atoms with Gasteiger partial charge in [-0.1, -0.05) is 292 Å². The van der Waals surface area contributed by atoms with E-state index >= 15 is 0 Å². The Balaban J connectivity index is -0.000000904. The Bertz CT molecular complexity index is 1920. The number of carboxylic acids is 1. The molecule has 11 nitrogen and oxygen atoms in total. The van der Waals surface area contributed by atoms with Crippen molar-refractivity contribution in [3.8, 4) is 0 Å². The molecule has 0 radical (unpaired) electrons. The van der Waals surface area contributed by atoms with Crippen LogP contribution in [0.3, 0.4) is 0 Å². The number of rotatable bonds is 76. The van der Waals surface area contributed by atoms with Crippen molar-refractivity contribution in [2.24, 2.45) is 0 Å². The second-order valence-electron chi connectivity index (χ2n) is 30.8. The number of aliphatic hydroxyl groups excluding tert-OH is 2. The Morgan fingerprint density at radius 3 is 0.689 bits per heavy atom. The van der Waals surface area contributed by atoms with Crippen LogP contribution in [0.1, 0.15) is 400 Å². The van der Waals surface area contributed by atoms with Crippen LogP contribution in [0.5, 0.6) is 0 Å². The molecule has 0 bridgehead atoms. The molecule has 12 heteroatoms. The van der Waals surface area contributed by atoms with Crippen LogP contribution in [0.15, 0.2) is 97.2 Å². The van der Waals surface area contributed by atoms with E-state index in [1.165, 1.54) is 231 Å². The van der Waals surface area contributed by atoms with Crippen molar-refractivity contribution < 1.29 is 39.2 Å². The van der Waals surface area contributed by atoms with Crippen molar-refractivity contribution in [2.45, 2.75) is 425 Å². The summed E-state index contributed by atoms with van der Waals surface area (Å²) >= 11 is 0. The zero-order valence-electron chi connectivity index (χ0n) is 71.3. The molecule has 106 heavy (non-hydrogen) atoms. The number of carbonyl (C=O) groups excluding carboxylic acids is 2. The average molecular weight is 1510 g/mol. The van der Waals surface area contributed by atoms with Crippen molar-refractivity contribution in [3.63, 3.8) is 0 Å². The van der Waals surface area contributed by atoms with Crippen LogP contribution in [-0.2, 0) is 23.9 Å². The van der Waals surface area contributed by atoms with Crippen molar-refractivity contribution in [1.29, 1.82) is 0 Å². The van der Waals surface area contributed by atoms with Gasteiger partial charge in [-0.25, -0.2) is 0 Å². The molecule has 0 aliphatic heterocycles. The van der Waals surface area contributed by atoms with Gasteiger partial charge < -0.3 is 39.5 Å². The summed E-state index contributed by atoms with van der Waals surface area (Å²) < 4.78 is 12.4. The summed E-state index contributed by atoms with van der Waals surface area (Å²) in [5, 5.41) is 28.8. The summed E-state index contributed by atoms with van der Waals surface area (Å²) in [6.07, 6.45) is 100.0. The van der Waals surface area contributed by atoms with E-state index in [0.29, 0.717) is 12.8 Å². The van der Waals surface area contributed by atoms with Crippen LogP contribution in [0.25, 0.3) is 0 Å². The lowest BCUT2D eigenvalue weighted by molar-refractivity contribution is -0.169. The van der Waals surface area contributed by atoms with Gasteiger partial charge in [0.25, 0.3) is 0 Å². The molecule has 4 unspecified atom stereocenters. The van der Waals surface area contributed by atoms with E-state index in [4.69, 9.17) is 14.6 Å². The van der Waals surface area contributed by atoms with Gasteiger partial charge in [0, 0.05) is 19.3 Å². The SMILES string of the molecule is CCCCC/C=C\C/C=C\CCCCCCCCC(O)C(O)CCCCCCCC/C=C\C/C=C\CCCCC.CCCCC/C=C\C/C=C\CCCCCCCCC(OC(=O)CCCN(C)C)C(CCCCCCCC/C=C\C/C=C\CCCCC)OC(=O)CCCN(C)C.CN(C)CCCC(=O)O.Cl. The standard InChI is InChI=1S/C50H92N2O4.C38H70O2.C6H13NO2.ClH/c1-7-9-11-13-15-17-19-21-23-25-27-29-31-33-35-37-41-47(55-49(53)43-39-45-51(3)4)48(56-50(54)44-40-46-52(5)6)42-38-36-34-32-30-28-26-24-22-20-18-16-14-12-10-8-2;1-3-5-7-9-11-13-15-17-19-21-23-25-27-29-31-33-35-37(39)38(40)36-34-32-30-28-26-24-22-20-18-16-14-12-10-8-6-4-2;1-7(2)5-3-4-6(8)9;/h15-18,21-24,47-48H,7-14,19-20,25-46H2,1-6H3;11-14,17-20,37-40H,3-10,15-16,21-36H2,1-2H3;3-5H2,1-2H3,(H,8,9);1H/b17-15-,18-16-,23-21-,24-22-;13-11-,14-12-,19-17-,20-18-;;. The molecule has 3 N–H and O–H groups in total. The highest BCUT2D eigenvalue weighted by Crippen LogP contribution is 2.23. The average Bonchev–Trinajstić information content (AvgIpc) is 0.890. The number of hydrogen-bond donors (Lipinski definition) is 3. The normalized spacial score (nSPS) is 13.2. The smallest absolute Gasteiger partial charge is 0.306 e. The molecular weight excluding hydrogens is 1330 g/mol. The van der Waals surface area contributed by atoms with Crippen LogP contribution < -0.4 is 0 Å². The molecule has 0 spiro atoms. The molecule has 622 valence electrons. The zero-order chi connectivity index (χ0) is 77.6. The zero-order valence-corrected chi connectivity index (χ0v) is 72.1. The molecule has 0 saturated heterocycles. The van der Waals surface area contributed by atoms with E-state index in [1.54, 1.807) is 0 Å². The molecule has 4 atom stereocenters. The fourth-order valence-electron chi connectivity index (χ4n) is 12.5. The van der Waals surface area contributed by atoms with Gasteiger partial charge in [-0.3, -0.25) is 14.4 Å². The van der Waals surface area contributed by atoms with Gasteiger partial charge in [0.15, 0.2) is 0 Å². The number of unbranched alkanes of at least 4 members (excludes halogenated alkanes) is 36. The summed E-state index contributed by atoms with van der Waals surface area (Å²) in [5.41, 5.74) is 0. The fourth-order valence-corrected chi connectivity index (χ4v) is 12.5. The molecule has 0 aromatic carbocycles. The Kier molecular flexibility index (Phi) is 94.4. The molecule has 0 saturated carbocycles. The number of nitrogens with zero attached hydrogens (tertiary/aromatic N) is 3. The predicted octanol–water partition coefficient (Wildman–Crippen LogP) is 26.9. The Morgan fingerprint density at radius 1 is 0.274 bits per heavy atom. The molecule has 0 aromatic rings. The second kappa shape index (κ2) is 92.0. The number of aliphatic carboxylic acids is 1. The number of aliphatic hydroxyl groups is 2. The number of carboxylic acid groups (broad SMARTS) is 1. The number of carbonyl (C=O) groups is 3. The van der Waals surface area contributed by atoms with Gasteiger partial charge in [-0.2, -0.15) is 0 Å². The minimum atomic E-state index is -0.711. The maximum absolute atomic E-state index is 13.1. The highest BCUT2D eigenvalue weighted by molar-refractivity contribution is 5.85. The first kappa shape index (κ1) is 109. The van der Waals surface area contributed by atoms with Crippen LogP contribution in [0.4, 0.5) is 0 Å². The van der Waals surface area contributed by atoms with E-state index in [-0.39, 0.29) is 43.0 Å². The lowest BCUT2D eigenvalue weighted by Crippen LogP contribution is -2.36. The van der Waals surface area contributed by atoms with E-state index < -0.39 is 18.2 Å². The van der Waals surface area contributed by atoms with Crippen molar-refractivity contribution >= 4 is 30.3 Å². The van der Waals surface area contributed by atoms with Gasteiger partial charge in [0.1, 0.15) is 12.2 Å². The maximum atomic E-state index is 13.1. The highest BCUT2D eigenvalue weighted by Gasteiger charge is 2.28. The minimum absolute atomic E-state index is 0. The van der Waals surface area contributed by atoms with Gasteiger partial charge in [-0.15, -0.1) is 12.4 Å². The van der Waals surface area contributed by atoms with Crippen molar-refractivity contribution in [1.82, 2.24) is 14.7 Å². The summed E-state index contributed by atoms with van der Waals surface area (Å²) in [4.78, 5) is 42.3. The molecule has 0 aromatic heterocycles. The molecular formula is C94H176ClN3O8. The van der Waals surface area contributed by atoms with Gasteiger partial charge in [0.05, 0.1) is 12.2 Å². The third-order valence-electron chi connectivity index (χ3n) is 19.2. The summed E-state index contributed by atoms with van der Waals surface area (Å²) in [7, 11) is 12.0. The third kappa shape index (κ3) is 94.6. The van der Waals surface area contributed by atoms with Crippen molar-refractivity contribution in [3.05, 3.63) is 97.2 Å². The highest BCUT2D eigenvalue weighted by atomic mass is 35.5. The molecule has 0 aliphatic rings. The van der Waals surface area contributed by atoms with Crippen LogP contribution in [0.2, 0.25) is 0 Å². The lowest BCUT2D eigenvalue weighted by Gasteiger charge is -2.28. The molecule has 0 amide bonds. The first-order valence-electron chi connectivity index (χ1n) is 44.3. The summed E-state index contributed by atoms with van der Waals surface area (Å²) in [5.74, 6) is -1.04. The van der Waals surface area contributed by atoms with Crippen LogP contribution >= 0.6 is 12.4 Å². The predicted molar refractivity (Wildman–Crippen MR) is 466 cm³/mol. The largest absolute Gasteiger partial charge is 0.481 e. The van der Waals surface area contributed by atoms with E-state index in [9.17, 15) is 24.6 Å². The van der Waals surface area contributed by atoms with E-state index in [2.05, 4.69) is 135 Å². The van der Waals surface area contributed by atoms with Gasteiger partial charge >= 0.3 is 17.9 Å². The molecule has 0 heterocycles. The molecule has 0 aliphatic carbocycles. The number of esters is 2. The van der Waals surface area contributed by atoms with Gasteiger partial charge in [0.2, 0.25) is 0 Å². The lowest BCUT2D eigenvalue weighted by atomic mass is 9.98. The molecule has 0 rings (SSSR count). The number of halogens is 1. The summed E-state index contributed by atoms with van der Waals surface area (Å²) in [6.45, 7) is 11.6. The number of hydrogen-bond acceptors (Lipinski definition) is 10. The quantitative estimate of drug-likeness (QED) is 0.0305. The number of ether oxygens (including phenoxy) is 2. The van der Waals surface area contributed by atoms with Gasteiger partial charge in [-0.05, 0) is 248 Å². The monoisotopic (exact) mass is 1510 g/mol. The van der Waals surface area contributed by atoms with E-state index in [0.717, 1.165) is 142 Å². The topological polar surface area (TPSA) is 140 Å². The van der Waals surface area contributed by atoms with Crippen molar-refractivity contribution in [2.75, 3.05) is 61.9 Å².